The molecule has 10 nitrogen and oxygen atoms in total. The normalized spacial score (nSPS) is 22.0. The SMILES string of the molecule is O=C(O)N[C@@H]1C[C@@H](CO)N(S(=O)(=O)c2ccc([N+](=O)[O-])cc2)C1. The Morgan fingerprint density at radius 3 is 2.48 bits per heavy atom. The van der Waals surface area contributed by atoms with Crippen LogP contribution in [0.4, 0.5) is 10.5 Å². The lowest BCUT2D eigenvalue weighted by Gasteiger charge is -2.22. The molecule has 1 aliphatic heterocycles. The largest absolute Gasteiger partial charge is 0.465 e. The Balaban J connectivity index is 2.26. The number of non-ortho nitro benzene ring substituents is 1. The number of amides is 1. The van der Waals surface area contributed by atoms with Crippen LogP contribution in [0.5, 0.6) is 0 Å². The van der Waals surface area contributed by atoms with Crippen molar-refractivity contribution in [3.05, 3.63) is 34.4 Å². The van der Waals surface area contributed by atoms with Crippen LogP contribution in [0.15, 0.2) is 29.2 Å². The summed E-state index contributed by atoms with van der Waals surface area (Å²) >= 11 is 0. The molecule has 1 aromatic rings. The Labute approximate surface area is 131 Å². The molecule has 0 spiro atoms. The first-order valence-corrected chi connectivity index (χ1v) is 8.06. The molecule has 1 heterocycles. The number of nitro groups is 1. The van der Waals surface area contributed by atoms with Gasteiger partial charge in [0.1, 0.15) is 0 Å². The topological polar surface area (TPSA) is 150 Å². The second-order valence-corrected chi connectivity index (χ2v) is 6.93. The zero-order chi connectivity index (χ0) is 17.2. The third-order valence-corrected chi connectivity index (χ3v) is 5.49. The molecule has 0 unspecified atom stereocenters. The van der Waals surface area contributed by atoms with E-state index in [-0.39, 0.29) is 23.5 Å². The summed E-state index contributed by atoms with van der Waals surface area (Å²) in [4.78, 5) is 20.5. The second kappa shape index (κ2) is 6.48. The first-order valence-electron chi connectivity index (χ1n) is 6.62. The van der Waals surface area contributed by atoms with E-state index in [1.807, 2.05) is 0 Å². The van der Waals surface area contributed by atoms with Crippen LogP contribution in [0.1, 0.15) is 6.42 Å². The average molecular weight is 345 g/mol. The first kappa shape index (κ1) is 17.1. The van der Waals surface area contributed by atoms with Gasteiger partial charge in [-0.25, -0.2) is 13.2 Å². The minimum absolute atomic E-state index is 0.114. The number of nitrogens with zero attached hydrogens (tertiary/aromatic N) is 2. The number of nitrogens with one attached hydrogen (secondary N) is 1. The lowest BCUT2D eigenvalue weighted by molar-refractivity contribution is -0.384. The van der Waals surface area contributed by atoms with Gasteiger partial charge in [-0.1, -0.05) is 0 Å². The van der Waals surface area contributed by atoms with Gasteiger partial charge in [0.05, 0.1) is 22.5 Å². The molecule has 126 valence electrons. The molecule has 1 aromatic carbocycles. The summed E-state index contributed by atoms with van der Waals surface area (Å²) in [7, 11) is -3.99. The molecule has 1 aliphatic rings. The van der Waals surface area contributed by atoms with Crippen molar-refractivity contribution in [2.24, 2.45) is 0 Å². The molecular formula is C12H15N3O7S. The Morgan fingerprint density at radius 1 is 1.39 bits per heavy atom. The first-order chi connectivity index (χ1) is 10.8. The van der Waals surface area contributed by atoms with E-state index in [1.54, 1.807) is 0 Å². The summed E-state index contributed by atoms with van der Waals surface area (Å²) in [6.07, 6.45) is -1.13. The molecule has 0 bridgehead atoms. The number of sulfonamides is 1. The van der Waals surface area contributed by atoms with Crippen molar-refractivity contribution in [2.75, 3.05) is 13.2 Å². The number of carbonyl (C=O) groups is 1. The zero-order valence-corrected chi connectivity index (χ0v) is 12.6. The van der Waals surface area contributed by atoms with Gasteiger partial charge >= 0.3 is 6.09 Å². The maximum absolute atomic E-state index is 12.6. The fraction of sp³-hybridized carbons (Fsp3) is 0.417. The maximum atomic E-state index is 12.6. The summed E-state index contributed by atoms with van der Waals surface area (Å²) in [5.74, 6) is 0. The highest BCUT2D eigenvalue weighted by Gasteiger charge is 2.40. The van der Waals surface area contributed by atoms with Crippen molar-refractivity contribution in [1.29, 1.82) is 0 Å². The minimum atomic E-state index is -3.99. The van der Waals surface area contributed by atoms with E-state index in [2.05, 4.69) is 5.32 Å². The van der Waals surface area contributed by atoms with Crippen LogP contribution < -0.4 is 5.32 Å². The van der Waals surface area contributed by atoms with Crippen LogP contribution in [-0.4, -0.2) is 59.2 Å². The van der Waals surface area contributed by atoms with Crippen molar-refractivity contribution in [3.63, 3.8) is 0 Å². The molecular weight excluding hydrogens is 330 g/mol. The van der Waals surface area contributed by atoms with E-state index in [9.17, 15) is 28.4 Å². The van der Waals surface area contributed by atoms with Gasteiger partial charge in [0.15, 0.2) is 0 Å². The van der Waals surface area contributed by atoms with E-state index in [0.29, 0.717) is 0 Å². The quantitative estimate of drug-likeness (QED) is 0.501. The molecule has 0 saturated carbocycles. The molecule has 0 aromatic heterocycles. The summed E-state index contributed by atoms with van der Waals surface area (Å²) in [5.41, 5.74) is -0.241. The second-order valence-electron chi connectivity index (χ2n) is 5.04. The highest BCUT2D eigenvalue weighted by atomic mass is 32.2. The number of benzene rings is 1. The van der Waals surface area contributed by atoms with Gasteiger partial charge in [0.25, 0.3) is 5.69 Å². The molecule has 1 amide bonds. The van der Waals surface area contributed by atoms with Gasteiger partial charge < -0.3 is 15.5 Å². The standard InChI is InChI=1S/C12H15N3O7S/c16-7-10-5-8(13-12(17)18)6-14(10)23(21,22)11-3-1-9(2-4-11)15(19)20/h1-4,8,10,13,16H,5-7H2,(H,17,18)/t8-,10+/m1/s1. The summed E-state index contributed by atoms with van der Waals surface area (Å²) < 4.78 is 26.2. The lowest BCUT2D eigenvalue weighted by Crippen LogP contribution is -2.39. The Morgan fingerprint density at radius 2 is 2.00 bits per heavy atom. The van der Waals surface area contributed by atoms with Gasteiger partial charge in [-0.3, -0.25) is 10.1 Å². The van der Waals surface area contributed by atoms with Crippen molar-refractivity contribution >= 4 is 21.8 Å². The number of hydrogen-bond acceptors (Lipinski definition) is 6. The predicted molar refractivity (Wildman–Crippen MR) is 77.4 cm³/mol. The Hall–Kier alpha value is -2.24. The van der Waals surface area contributed by atoms with Crippen molar-refractivity contribution in [3.8, 4) is 0 Å². The van der Waals surface area contributed by atoms with Crippen molar-refractivity contribution < 1.29 is 28.3 Å². The molecule has 0 aliphatic carbocycles. The van der Waals surface area contributed by atoms with Gasteiger partial charge in [0, 0.05) is 24.7 Å². The van der Waals surface area contributed by atoms with Crippen LogP contribution >= 0.6 is 0 Å². The van der Waals surface area contributed by atoms with E-state index in [4.69, 9.17) is 5.11 Å². The third-order valence-electron chi connectivity index (χ3n) is 3.56. The van der Waals surface area contributed by atoms with E-state index in [1.165, 1.54) is 0 Å². The van der Waals surface area contributed by atoms with Gasteiger partial charge in [-0.15, -0.1) is 0 Å². The molecule has 2 atom stereocenters. The van der Waals surface area contributed by atoms with Crippen LogP contribution in [0.3, 0.4) is 0 Å². The molecule has 2 rings (SSSR count). The molecule has 1 saturated heterocycles. The van der Waals surface area contributed by atoms with E-state index >= 15 is 0 Å². The minimum Gasteiger partial charge on any atom is -0.465 e. The van der Waals surface area contributed by atoms with Gasteiger partial charge in [0.2, 0.25) is 10.0 Å². The highest BCUT2D eigenvalue weighted by molar-refractivity contribution is 7.89. The maximum Gasteiger partial charge on any atom is 0.404 e. The van der Waals surface area contributed by atoms with Gasteiger partial charge in [-0.2, -0.15) is 4.31 Å². The van der Waals surface area contributed by atoms with E-state index < -0.39 is 39.7 Å². The average Bonchev–Trinajstić information content (AvgIpc) is 2.90. The number of carboxylic acid groups (broad SMARTS) is 1. The van der Waals surface area contributed by atoms with Crippen LogP contribution in [0, 0.1) is 10.1 Å². The monoisotopic (exact) mass is 345 g/mol. The predicted octanol–water partition coefficient (Wildman–Crippen LogP) is -0.0137. The molecule has 23 heavy (non-hydrogen) atoms. The Kier molecular flexibility index (Phi) is 4.82. The fourth-order valence-corrected chi connectivity index (χ4v) is 4.17. The zero-order valence-electron chi connectivity index (χ0n) is 11.8. The number of aliphatic hydroxyl groups excluding tert-OH is 1. The van der Waals surface area contributed by atoms with Crippen molar-refractivity contribution in [1.82, 2.24) is 9.62 Å². The number of rotatable bonds is 5. The molecule has 11 heteroatoms. The number of hydrogen-bond donors (Lipinski definition) is 3. The smallest absolute Gasteiger partial charge is 0.404 e. The lowest BCUT2D eigenvalue weighted by atomic mass is 10.2. The van der Waals surface area contributed by atoms with Crippen LogP contribution in [0.25, 0.3) is 0 Å². The summed E-state index contributed by atoms with van der Waals surface area (Å²) in [6.45, 7) is -0.569. The van der Waals surface area contributed by atoms with Gasteiger partial charge in [-0.05, 0) is 18.6 Å². The molecule has 0 radical (unpaired) electrons. The molecule has 3 N–H and O–H groups in total. The van der Waals surface area contributed by atoms with Crippen LogP contribution in [-0.2, 0) is 10.0 Å². The molecule has 1 fully saturated rings. The summed E-state index contributed by atoms with van der Waals surface area (Å²) in [6, 6.07) is 2.98. The Bertz CT molecular complexity index is 704. The third kappa shape index (κ3) is 3.57. The highest BCUT2D eigenvalue weighted by Crippen LogP contribution is 2.27. The van der Waals surface area contributed by atoms with Crippen molar-refractivity contribution in [2.45, 2.75) is 23.4 Å². The fourth-order valence-electron chi connectivity index (χ4n) is 2.50. The number of nitro benzene ring substituents is 1. The summed E-state index contributed by atoms with van der Waals surface area (Å²) in [5, 5.41) is 30.9. The van der Waals surface area contributed by atoms with Crippen LogP contribution in [0.2, 0.25) is 0 Å². The van der Waals surface area contributed by atoms with E-state index in [0.717, 1.165) is 28.6 Å². The number of aliphatic hydroxyl groups is 1.